The fourth-order valence-electron chi connectivity index (χ4n) is 2.67. The van der Waals surface area contributed by atoms with E-state index in [2.05, 4.69) is 0 Å². The number of carbonyl (C=O) groups excluding carboxylic acids is 1. The second-order valence-electron chi connectivity index (χ2n) is 4.94. The highest BCUT2D eigenvalue weighted by molar-refractivity contribution is 6.06. The van der Waals surface area contributed by atoms with Crippen LogP contribution in [0.5, 0.6) is 0 Å². The Morgan fingerprint density at radius 3 is 2.85 bits per heavy atom. The number of carboxylic acid groups (broad SMARTS) is 1. The molecule has 5 heteroatoms. The Morgan fingerprint density at radius 1 is 1.45 bits per heavy atom. The number of anilines is 1. The molecule has 1 aliphatic rings. The molecule has 1 amide bonds. The molecular formula is C15H15NO4. The van der Waals surface area contributed by atoms with E-state index in [4.69, 9.17) is 4.42 Å². The molecule has 0 bridgehead atoms. The van der Waals surface area contributed by atoms with Crippen LogP contribution >= 0.6 is 0 Å². The van der Waals surface area contributed by atoms with Crippen LogP contribution in [-0.2, 0) is 11.2 Å². The highest BCUT2D eigenvalue weighted by Gasteiger charge is 2.26. The molecule has 0 aliphatic carbocycles. The van der Waals surface area contributed by atoms with E-state index in [1.54, 1.807) is 17.2 Å². The molecule has 2 heterocycles. The molecule has 5 nitrogen and oxygen atoms in total. The number of fused-ring (bicyclic) bond motifs is 1. The number of furan rings is 1. The molecule has 0 saturated carbocycles. The summed E-state index contributed by atoms with van der Waals surface area (Å²) in [6.07, 6.45) is 3.68. The van der Waals surface area contributed by atoms with Gasteiger partial charge >= 0.3 is 5.97 Å². The normalized spacial score (nSPS) is 15.2. The van der Waals surface area contributed by atoms with Gasteiger partial charge in [-0.25, -0.2) is 4.79 Å². The lowest BCUT2D eigenvalue weighted by molar-refractivity contribution is -0.117. The van der Waals surface area contributed by atoms with Gasteiger partial charge in [-0.05, 0) is 30.5 Å². The van der Waals surface area contributed by atoms with Crippen LogP contribution in [0.2, 0.25) is 0 Å². The molecule has 3 rings (SSSR count). The summed E-state index contributed by atoms with van der Waals surface area (Å²) < 4.78 is 5.58. The van der Waals surface area contributed by atoms with Crippen LogP contribution in [-0.4, -0.2) is 23.5 Å². The topological polar surface area (TPSA) is 70.8 Å². The van der Waals surface area contributed by atoms with E-state index in [9.17, 15) is 14.7 Å². The molecule has 1 aliphatic heterocycles. The van der Waals surface area contributed by atoms with Crippen molar-refractivity contribution in [3.05, 3.63) is 29.5 Å². The standard InChI is InChI=1S/C15H15NO4/c1-2-9-8-20-14-11(9)6-10(15(18)19)7-12(14)16-5-3-4-13(16)17/h6-8H,2-5H2,1H3,(H,18,19). The maximum atomic E-state index is 11.9. The molecule has 1 N–H and O–H groups in total. The predicted molar refractivity (Wildman–Crippen MR) is 74.1 cm³/mol. The minimum atomic E-state index is -0.997. The van der Waals surface area contributed by atoms with Crippen LogP contribution in [0.25, 0.3) is 11.0 Å². The smallest absolute Gasteiger partial charge is 0.335 e. The summed E-state index contributed by atoms with van der Waals surface area (Å²) >= 11 is 0. The Kier molecular flexibility index (Phi) is 2.97. The molecule has 0 unspecified atom stereocenters. The molecule has 0 spiro atoms. The number of amides is 1. The lowest BCUT2D eigenvalue weighted by atomic mass is 10.1. The minimum Gasteiger partial charge on any atom is -0.478 e. The first-order valence-electron chi connectivity index (χ1n) is 6.69. The Balaban J connectivity index is 2.26. The summed E-state index contributed by atoms with van der Waals surface area (Å²) in [5, 5.41) is 10.0. The second-order valence-corrected chi connectivity index (χ2v) is 4.94. The number of benzene rings is 1. The Labute approximate surface area is 115 Å². The van der Waals surface area contributed by atoms with Gasteiger partial charge in [0.1, 0.15) is 0 Å². The van der Waals surface area contributed by atoms with E-state index in [0.717, 1.165) is 23.8 Å². The highest BCUT2D eigenvalue weighted by Crippen LogP contribution is 2.34. The van der Waals surface area contributed by atoms with Gasteiger partial charge in [0.25, 0.3) is 0 Å². The summed E-state index contributed by atoms with van der Waals surface area (Å²) in [5.74, 6) is -0.980. The fraction of sp³-hybridized carbons (Fsp3) is 0.333. The quantitative estimate of drug-likeness (QED) is 0.933. The van der Waals surface area contributed by atoms with Crippen LogP contribution in [0.1, 0.15) is 35.7 Å². The SMILES string of the molecule is CCc1coc2c(N3CCCC3=O)cc(C(=O)O)cc12. The molecule has 1 aromatic heterocycles. The van der Waals surface area contributed by atoms with E-state index in [1.165, 1.54) is 6.07 Å². The van der Waals surface area contributed by atoms with Gasteiger partial charge in [0.05, 0.1) is 17.5 Å². The largest absolute Gasteiger partial charge is 0.478 e. The predicted octanol–water partition coefficient (Wildman–Crippen LogP) is 2.82. The maximum absolute atomic E-state index is 11.9. The first kappa shape index (κ1) is 12.7. The van der Waals surface area contributed by atoms with Crippen molar-refractivity contribution in [2.75, 3.05) is 11.4 Å². The Morgan fingerprint density at radius 2 is 2.25 bits per heavy atom. The van der Waals surface area contributed by atoms with Crippen LogP contribution in [0, 0.1) is 0 Å². The average molecular weight is 273 g/mol. The third-order valence-electron chi connectivity index (χ3n) is 3.73. The van der Waals surface area contributed by atoms with Gasteiger partial charge in [0.15, 0.2) is 5.58 Å². The first-order chi connectivity index (χ1) is 9.61. The summed E-state index contributed by atoms with van der Waals surface area (Å²) in [5.41, 5.74) is 2.31. The van der Waals surface area contributed by atoms with Gasteiger partial charge in [-0.1, -0.05) is 6.92 Å². The number of aryl methyl sites for hydroxylation is 1. The molecule has 0 atom stereocenters. The number of aromatic carboxylic acids is 1. The monoisotopic (exact) mass is 273 g/mol. The Hall–Kier alpha value is -2.30. The van der Waals surface area contributed by atoms with E-state index >= 15 is 0 Å². The van der Waals surface area contributed by atoms with Gasteiger partial charge in [0, 0.05) is 18.4 Å². The summed E-state index contributed by atoms with van der Waals surface area (Å²) in [6.45, 7) is 2.59. The maximum Gasteiger partial charge on any atom is 0.335 e. The van der Waals surface area contributed by atoms with Crippen molar-refractivity contribution in [2.24, 2.45) is 0 Å². The zero-order valence-corrected chi connectivity index (χ0v) is 11.2. The molecule has 20 heavy (non-hydrogen) atoms. The van der Waals surface area contributed by atoms with E-state index in [1.807, 2.05) is 6.92 Å². The van der Waals surface area contributed by atoms with Crippen LogP contribution in [0.15, 0.2) is 22.8 Å². The highest BCUT2D eigenvalue weighted by atomic mass is 16.4. The van der Waals surface area contributed by atoms with Crippen molar-refractivity contribution >= 4 is 28.5 Å². The van der Waals surface area contributed by atoms with Crippen molar-refractivity contribution in [2.45, 2.75) is 26.2 Å². The fourth-order valence-corrected chi connectivity index (χ4v) is 2.67. The van der Waals surface area contributed by atoms with E-state index in [-0.39, 0.29) is 11.5 Å². The van der Waals surface area contributed by atoms with Crippen molar-refractivity contribution in [1.29, 1.82) is 0 Å². The molecule has 1 fully saturated rings. The molecule has 104 valence electrons. The number of nitrogens with zero attached hydrogens (tertiary/aromatic N) is 1. The van der Waals surface area contributed by atoms with Crippen LogP contribution < -0.4 is 4.90 Å². The van der Waals surface area contributed by atoms with Gasteiger partial charge in [-0.2, -0.15) is 0 Å². The van der Waals surface area contributed by atoms with Crippen molar-refractivity contribution in [3.63, 3.8) is 0 Å². The third kappa shape index (κ3) is 1.86. The van der Waals surface area contributed by atoms with Crippen LogP contribution in [0.3, 0.4) is 0 Å². The van der Waals surface area contributed by atoms with Crippen molar-refractivity contribution in [1.82, 2.24) is 0 Å². The molecule has 2 aromatic rings. The molecule has 1 aromatic carbocycles. The van der Waals surface area contributed by atoms with Gasteiger partial charge in [-0.15, -0.1) is 0 Å². The summed E-state index contributed by atoms with van der Waals surface area (Å²) in [7, 11) is 0. The number of hydrogen-bond donors (Lipinski definition) is 1. The zero-order chi connectivity index (χ0) is 14.3. The average Bonchev–Trinajstić information content (AvgIpc) is 3.03. The summed E-state index contributed by atoms with van der Waals surface area (Å²) in [4.78, 5) is 24.8. The van der Waals surface area contributed by atoms with Crippen molar-refractivity contribution in [3.8, 4) is 0 Å². The van der Waals surface area contributed by atoms with Crippen molar-refractivity contribution < 1.29 is 19.1 Å². The minimum absolute atomic E-state index is 0.0169. The Bertz CT molecular complexity index is 701. The van der Waals surface area contributed by atoms with E-state index in [0.29, 0.717) is 24.2 Å². The van der Waals surface area contributed by atoms with E-state index < -0.39 is 5.97 Å². The first-order valence-corrected chi connectivity index (χ1v) is 6.69. The van der Waals surface area contributed by atoms with Gasteiger partial charge in [-0.3, -0.25) is 4.79 Å². The summed E-state index contributed by atoms with van der Waals surface area (Å²) in [6, 6.07) is 3.14. The third-order valence-corrected chi connectivity index (χ3v) is 3.73. The van der Waals surface area contributed by atoms with Gasteiger partial charge < -0.3 is 14.4 Å². The number of carboxylic acids is 1. The number of rotatable bonds is 3. The lowest BCUT2D eigenvalue weighted by Crippen LogP contribution is -2.24. The van der Waals surface area contributed by atoms with Crippen LogP contribution in [0.4, 0.5) is 5.69 Å². The molecule has 1 saturated heterocycles. The molecular weight excluding hydrogens is 258 g/mol. The number of hydrogen-bond acceptors (Lipinski definition) is 3. The molecule has 0 radical (unpaired) electrons. The lowest BCUT2D eigenvalue weighted by Gasteiger charge is -2.16. The second kappa shape index (κ2) is 4.67. The van der Waals surface area contributed by atoms with Gasteiger partial charge in [0.2, 0.25) is 5.91 Å². The zero-order valence-electron chi connectivity index (χ0n) is 11.2. The number of carbonyl (C=O) groups is 2.